The molecule has 0 amide bonds. The topological polar surface area (TPSA) is 99.8 Å². The third kappa shape index (κ3) is 1.52. The summed E-state index contributed by atoms with van der Waals surface area (Å²) in [7, 11) is 0. The maximum atomic E-state index is 5.46. The highest BCUT2D eigenvalue weighted by Crippen LogP contribution is 2.10. The lowest BCUT2D eigenvalue weighted by atomic mass is 10.6. The molecular weight excluding hydrogens is 252 g/mol. The van der Waals surface area contributed by atoms with Crippen molar-refractivity contribution in [2.24, 2.45) is 5.73 Å². The Morgan fingerprint density at radius 2 is 2.17 bits per heavy atom. The first-order chi connectivity index (χ1) is 8.66. The molecule has 0 aromatic carbocycles. The Morgan fingerprint density at radius 3 is 2.89 bits per heavy atom. The number of aromatic nitrogens is 7. The maximum Gasteiger partial charge on any atom is 0.208 e. The van der Waals surface area contributed by atoms with E-state index in [1.165, 1.54) is 11.0 Å². The molecule has 2 N–H and O–H groups in total. The maximum absolute atomic E-state index is 5.46. The molecule has 0 saturated heterocycles. The van der Waals surface area contributed by atoms with Gasteiger partial charge in [0, 0.05) is 12.4 Å². The van der Waals surface area contributed by atoms with Gasteiger partial charge in [-0.2, -0.15) is 4.68 Å². The Labute approximate surface area is 106 Å². The van der Waals surface area contributed by atoms with Crippen LogP contribution >= 0.6 is 12.2 Å². The zero-order valence-corrected chi connectivity index (χ0v) is 10.2. The van der Waals surface area contributed by atoms with Crippen molar-refractivity contribution in [2.45, 2.75) is 6.92 Å². The highest BCUT2D eigenvalue weighted by atomic mass is 32.1. The molecule has 3 rings (SSSR count). The van der Waals surface area contributed by atoms with Crippen LogP contribution in [0.25, 0.3) is 11.5 Å². The third-order valence-electron chi connectivity index (χ3n) is 2.41. The normalized spacial score (nSPS) is 10.9. The minimum absolute atomic E-state index is 0.137. The number of nitrogens with two attached hydrogens (primary N) is 1. The van der Waals surface area contributed by atoms with Crippen molar-refractivity contribution in [2.75, 3.05) is 0 Å². The van der Waals surface area contributed by atoms with E-state index in [0.717, 1.165) is 5.82 Å². The predicted molar refractivity (Wildman–Crippen MR) is 66.3 cm³/mol. The molecule has 0 unspecified atom stereocenters. The number of thiocarbonyl (C=S) groups is 1. The Morgan fingerprint density at radius 1 is 1.33 bits per heavy atom. The molecule has 90 valence electrons. The Hall–Kier alpha value is -2.42. The van der Waals surface area contributed by atoms with Crippen LogP contribution in [0, 0.1) is 6.92 Å². The van der Waals surface area contributed by atoms with Gasteiger partial charge in [0.25, 0.3) is 0 Å². The summed E-state index contributed by atoms with van der Waals surface area (Å²) in [5.74, 6) is 1.58. The molecule has 8 nitrogen and oxygen atoms in total. The molecule has 0 bridgehead atoms. The van der Waals surface area contributed by atoms with E-state index in [2.05, 4.69) is 25.3 Å². The van der Waals surface area contributed by atoms with Gasteiger partial charge in [0.15, 0.2) is 0 Å². The van der Waals surface area contributed by atoms with E-state index < -0.39 is 0 Å². The predicted octanol–water partition coefficient (Wildman–Crippen LogP) is -0.352. The van der Waals surface area contributed by atoms with E-state index in [0.29, 0.717) is 17.3 Å². The lowest BCUT2D eigenvalue weighted by Gasteiger charge is -2.00. The molecule has 0 spiro atoms. The van der Waals surface area contributed by atoms with Crippen LogP contribution in [0.2, 0.25) is 0 Å². The second kappa shape index (κ2) is 3.81. The van der Waals surface area contributed by atoms with E-state index in [9.17, 15) is 0 Å². The highest BCUT2D eigenvalue weighted by Gasteiger charge is 2.12. The quantitative estimate of drug-likeness (QED) is 0.628. The largest absolute Gasteiger partial charge is 0.387 e. The van der Waals surface area contributed by atoms with Gasteiger partial charge >= 0.3 is 0 Å². The fourth-order valence-electron chi connectivity index (χ4n) is 1.57. The minimum atomic E-state index is 0.137. The van der Waals surface area contributed by atoms with E-state index >= 15 is 0 Å². The van der Waals surface area contributed by atoms with Crippen LogP contribution < -0.4 is 5.73 Å². The van der Waals surface area contributed by atoms with Gasteiger partial charge in [-0.15, -0.1) is 15.3 Å². The second-order valence-electron chi connectivity index (χ2n) is 3.57. The van der Waals surface area contributed by atoms with Gasteiger partial charge in [0.2, 0.25) is 17.3 Å². The molecule has 9 heteroatoms. The summed E-state index contributed by atoms with van der Waals surface area (Å²) in [5, 5.41) is 12.2. The van der Waals surface area contributed by atoms with Crippen molar-refractivity contribution in [1.29, 1.82) is 0 Å². The van der Waals surface area contributed by atoms with Crippen molar-refractivity contribution in [3.8, 4) is 5.82 Å². The fraction of sp³-hybridized carbons (Fsp3) is 0.111. The molecule has 0 fully saturated rings. The average Bonchev–Trinajstić information content (AvgIpc) is 2.97. The first kappa shape index (κ1) is 10.7. The number of nitrogens with zero attached hydrogens (tertiary/aromatic N) is 7. The van der Waals surface area contributed by atoms with Crippen molar-refractivity contribution in [3.63, 3.8) is 0 Å². The summed E-state index contributed by atoms with van der Waals surface area (Å²) in [6.07, 6.45) is 4.90. The highest BCUT2D eigenvalue weighted by molar-refractivity contribution is 7.80. The summed E-state index contributed by atoms with van der Waals surface area (Å²) in [6.45, 7) is 1.85. The van der Waals surface area contributed by atoms with E-state index in [1.807, 2.05) is 11.3 Å². The minimum Gasteiger partial charge on any atom is -0.387 e. The first-order valence-corrected chi connectivity index (χ1v) is 5.46. The molecule has 0 atom stereocenters. The number of hydrogen-bond acceptors (Lipinski definition) is 6. The van der Waals surface area contributed by atoms with Crippen LogP contribution in [-0.4, -0.2) is 39.3 Å². The number of aryl methyl sites for hydroxylation is 1. The van der Waals surface area contributed by atoms with Crippen LogP contribution in [0.1, 0.15) is 11.6 Å². The van der Waals surface area contributed by atoms with Gasteiger partial charge < -0.3 is 5.73 Å². The van der Waals surface area contributed by atoms with Crippen LogP contribution in [0.3, 0.4) is 0 Å². The smallest absolute Gasteiger partial charge is 0.208 e. The average molecular weight is 260 g/mol. The number of hydrogen-bond donors (Lipinski definition) is 1. The third-order valence-corrected chi connectivity index (χ3v) is 2.59. The van der Waals surface area contributed by atoms with E-state index in [-0.39, 0.29) is 4.99 Å². The van der Waals surface area contributed by atoms with Crippen LogP contribution in [0.15, 0.2) is 18.7 Å². The Kier molecular flexibility index (Phi) is 2.27. The molecule has 3 heterocycles. The Balaban J connectivity index is 2.21. The first-order valence-electron chi connectivity index (χ1n) is 5.05. The zero-order valence-electron chi connectivity index (χ0n) is 9.35. The van der Waals surface area contributed by atoms with Gasteiger partial charge in [-0.1, -0.05) is 12.2 Å². The monoisotopic (exact) mass is 260 g/mol. The zero-order chi connectivity index (χ0) is 12.7. The standard InChI is InChI=1S/C9H8N8S/c1-5-13-14-9-8(11-2-3-16(5)9)17-4-12-7(15-17)6(10)18/h2-4H,1H3,(H2,10,18). The fourth-order valence-corrected chi connectivity index (χ4v) is 1.66. The summed E-state index contributed by atoms with van der Waals surface area (Å²) in [6, 6.07) is 0. The SMILES string of the molecule is Cc1nnc2c(-n3cnc(C(N)=S)n3)nccn12. The van der Waals surface area contributed by atoms with Crippen LogP contribution in [-0.2, 0) is 0 Å². The Bertz CT molecular complexity index is 742. The molecular formula is C9H8N8S. The number of rotatable bonds is 2. The van der Waals surface area contributed by atoms with Crippen molar-refractivity contribution in [3.05, 3.63) is 30.4 Å². The molecule has 18 heavy (non-hydrogen) atoms. The molecule has 3 aromatic heterocycles. The molecule has 3 aromatic rings. The van der Waals surface area contributed by atoms with E-state index in [4.69, 9.17) is 18.0 Å². The molecule has 0 aliphatic heterocycles. The van der Waals surface area contributed by atoms with Crippen molar-refractivity contribution in [1.82, 2.24) is 34.3 Å². The number of fused-ring (bicyclic) bond motifs is 1. The molecule has 0 radical (unpaired) electrons. The summed E-state index contributed by atoms with van der Waals surface area (Å²) >= 11 is 4.81. The van der Waals surface area contributed by atoms with Gasteiger partial charge in [0.1, 0.15) is 17.1 Å². The van der Waals surface area contributed by atoms with Crippen LogP contribution in [0.4, 0.5) is 0 Å². The van der Waals surface area contributed by atoms with Crippen LogP contribution in [0.5, 0.6) is 0 Å². The molecule has 0 aliphatic carbocycles. The van der Waals surface area contributed by atoms with Gasteiger partial charge in [0.05, 0.1) is 0 Å². The van der Waals surface area contributed by atoms with Crippen molar-refractivity contribution >= 4 is 22.9 Å². The van der Waals surface area contributed by atoms with Gasteiger partial charge in [-0.25, -0.2) is 9.97 Å². The molecule has 0 aliphatic rings. The summed E-state index contributed by atoms with van der Waals surface area (Å²) in [5.41, 5.74) is 6.05. The molecule has 0 saturated carbocycles. The lowest BCUT2D eigenvalue weighted by molar-refractivity contribution is 0.835. The second-order valence-corrected chi connectivity index (χ2v) is 4.01. The summed E-state index contributed by atoms with van der Waals surface area (Å²) in [4.78, 5) is 8.35. The van der Waals surface area contributed by atoms with Gasteiger partial charge in [-0.3, -0.25) is 4.40 Å². The van der Waals surface area contributed by atoms with Gasteiger partial charge in [-0.05, 0) is 6.92 Å². The van der Waals surface area contributed by atoms with E-state index in [1.54, 1.807) is 12.4 Å². The summed E-state index contributed by atoms with van der Waals surface area (Å²) < 4.78 is 3.28. The lowest BCUT2D eigenvalue weighted by Crippen LogP contribution is -2.12. The van der Waals surface area contributed by atoms with Crippen molar-refractivity contribution < 1.29 is 0 Å².